The minimum atomic E-state index is -4.42. The van der Waals surface area contributed by atoms with Crippen LogP contribution in [-0.4, -0.2) is 32.2 Å². The van der Waals surface area contributed by atoms with Crippen LogP contribution in [0.5, 0.6) is 0 Å². The van der Waals surface area contributed by atoms with Crippen molar-refractivity contribution in [3.05, 3.63) is 35.7 Å². The lowest BCUT2D eigenvalue weighted by Gasteiger charge is -2.12. The number of nitrogens with two attached hydrogens (primary N) is 1. The van der Waals surface area contributed by atoms with Crippen LogP contribution in [0.1, 0.15) is 17.8 Å². The predicted octanol–water partition coefficient (Wildman–Crippen LogP) is 2.64. The lowest BCUT2D eigenvalue weighted by molar-refractivity contribution is -0.137. The number of halogens is 4. The van der Waals surface area contributed by atoms with E-state index in [1.165, 1.54) is 22.4 Å². The molecule has 0 atom stereocenters. The van der Waals surface area contributed by atoms with Crippen LogP contribution < -0.4 is 5.73 Å². The topological polar surface area (TPSA) is 77.0 Å². The van der Waals surface area contributed by atoms with Gasteiger partial charge < -0.3 is 10.8 Å². The van der Waals surface area contributed by atoms with Gasteiger partial charge in [-0.3, -0.25) is 4.57 Å². The van der Waals surface area contributed by atoms with Crippen LogP contribution in [0.25, 0.3) is 5.69 Å². The number of rotatable bonds is 6. The van der Waals surface area contributed by atoms with Crippen molar-refractivity contribution in [3.63, 3.8) is 0 Å². The van der Waals surface area contributed by atoms with E-state index in [0.29, 0.717) is 28.8 Å². The summed E-state index contributed by atoms with van der Waals surface area (Å²) in [7, 11) is 0. The maximum Gasteiger partial charge on any atom is 0.416 e. The standard InChI is InChI=1S/C13H15F3N4OS.ClH/c14-13(15,16)9-3-1-4-10(7-9)20-11(8-17)18-19-12(20)22-6-2-5-21;/h1,3-4,7,21H,2,5-6,8,17H2;1H. The molecule has 5 nitrogen and oxygen atoms in total. The number of aliphatic hydroxyl groups excluding tert-OH is 1. The van der Waals surface area contributed by atoms with Gasteiger partial charge in [-0.1, -0.05) is 17.8 Å². The monoisotopic (exact) mass is 368 g/mol. The Morgan fingerprint density at radius 1 is 1.26 bits per heavy atom. The second-order valence-electron chi connectivity index (χ2n) is 4.41. The van der Waals surface area contributed by atoms with E-state index in [2.05, 4.69) is 10.2 Å². The lowest BCUT2D eigenvalue weighted by atomic mass is 10.2. The first kappa shape index (κ1) is 19.8. The van der Waals surface area contributed by atoms with Crippen LogP contribution in [0.3, 0.4) is 0 Å². The number of hydrogen-bond donors (Lipinski definition) is 2. The maximum absolute atomic E-state index is 12.8. The van der Waals surface area contributed by atoms with E-state index in [-0.39, 0.29) is 25.6 Å². The SMILES string of the molecule is Cl.NCc1nnc(SCCCO)n1-c1cccc(C(F)(F)F)c1. The molecule has 2 rings (SSSR count). The zero-order chi connectivity index (χ0) is 16.2. The molecule has 0 aliphatic carbocycles. The molecule has 0 aliphatic heterocycles. The molecule has 10 heteroatoms. The van der Waals surface area contributed by atoms with Crippen molar-refractivity contribution in [2.45, 2.75) is 24.3 Å². The summed E-state index contributed by atoms with van der Waals surface area (Å²) in [5, 5.41) is 17.1. The van der Waals surface area contributed by atoms with Crippen molar-refractivity contribution < 1.29 is 18.3 Å². The predicted molar refractivity (Wildman–Crippen MR) is 83.9 cm³/mol. The van der Waals surface area contributed by atoms with Gasteiger partial charge in [0.05, 0.1) is 17.8 Å². The Hall–Kier alpha value is -1.29. The Morgan fingerprint density at radius 2 is 2.00 bits per heavy atom. The third-order valence-corrected chi connectivity index (χ3v) is 3.86. The zero-order valence-corrected chi connectivity index (χ0v) is 13.6. The Bertz CT molecular complexity index is 636. The van der Waals surface area contributed by atoms with E-state index in [4.69, 9.17) is 10.8 Å². The Kier molecular flexibility index (Phi) is 7.33. The van der Waals surface area contributed by atoms with Gasteiger partial charge >= 0.3 is 6.18 Å². The average molecular weight is 369 g/mol. The van der Waals surface area contributed by atoms with E-state index in [0.717, 1.165) is 12.1 Å². The number of aromatic nitrogens is 3. The van der Waals surface area contributed by atoms with Gasteiger partial charge in [0.25, 0.3) is 0 Å². The summed E-state index contributed by atoms with van der Waals surface area (Å²) >= 11 is 1.31. The molecule has 0 spiro atoms. The van der Waals surface area contributed by atoms with Crippen molar-refractivity contribution in [1.82, 2.24) is 14.8 Å². The van der Waals surface area contributed by atoms with Gasteiger partial charge in [0.2, 0.25) is 0 Å². The van der Waals surface area contributed by atoms with Crippen molar-refractivity contribution in [2.75, 3.05) is 12.4 Å². The number of benzene rings is 1. The summed E-state index contributed by atoms with van der Waals surface area (Å²) in [5.41, 5.74) is 5.15. The third kappa shape index (κ3) is 4.84. The Morgan fingerprint density at radius 3 is 2.61 bits per heavy atom. The molecular weight excluding hydrogens is 353 g/mol. The van der Waals surface area contributed by atoms with E-state index in [9.17, 15) is 13.2 Å². The highest BCUT2D eigenvalue weighted by atomic mass is 35.5. The third-order valence-electron chi connectivity index (χ3n) is 2.85. The Balaban J connectivity index is 0.00000264. The van der Waals surface area contributed by atoms with Crippen LogP contribution in [0.4, 0.5) is 13.2 Å². The Labute approximate surface area is 141 Å². The molecule has 0 radical (unpaired) electrons. The first-order valence-corrected chi connectivity index (χ1v) is 7.51. The van der Waals surface area contributed by atoms with Crippen LogP contribution in [0.2, 0.25) is 0 Å². The quantitative estimate of drug-likeness (QED) is 0.605. The molecule has 23 heavy (non-hydrogen) atoms. The van der Waals surface area contributed by atoms with E-state index >= 15 is 0 Å². The molecule has 1 heterocycles. The molecule has 1 aromatic carbocycles. The molecule has 0 saturated carbocycles. The average Bonchev–Trinajstić information content (AvgIpc) is 2.90. The fourth-order valence-corrected chi connectivity index (χ4v) is 2.73. The smallest absolute Gasteiger partial charge is 0.396 e. The molecule has 3 N–H and O–H groups in total. The normalized spacial score (nSPS) is 11.3. The highest BCUT2D eigenvalue weighted by Crippen LogP contribution is 2.31. The van der Waals surface area contributed by atoms with E-state index < -0.39 is 11.7 Å². The molecule has 2 aromatic rings. The van der Waals surface area contributed by atoms with Gasteiger partial charge in [-0.25, -0.2) is 0 Å². The number of hydrogen-bond acceptors (Lipinski definition) is 5. The van der Waals surface area contributed by atoms with Gasteiger partial charge in [-0.05, 0) is 24.6 Å². The molecule has 128 valence electrons. The van der Waals surface area contributed by atoms with Crippen LogP contribution in [0, 0.1) is 0 Å². The van der Waals surface area contributed by atoms with E-state index in [1.807, 2.05) is 0 Å². The summed E-state index contributed by atoms with van der Waals surface area (Å²) in [6.07, 6.45) is -3.87. The largest absolute Gasteiger partial charge is 0.416 e. The van der Waals surface area contributed by atoms with E-state index in [1.54, 1.807) is 6.07 Å². The van der Waals surface area contributed by atoms with Crippen LogP contribution in [0.15, 0.2) is 29.4 Å². The van der Waals surface area contributed by atoms with Crippen molar-refractivity contribution in [1.29, 1.82) is 0 Å². The molecule has 1 aromatic heterocycles. The highest BCUT2D eigenvalue weighted by molar-refractivity contribution is 7.99. The van der Waals surface area contributed by atoms with Crippen LogP contribution >= 0.6 is 24.2 Å². The minimum Gasteiger partial charge on any atom is -0.396 e. The van der Waals surface area contributed by atoms with Gasteiger partial charge in [0.15, 0.2) is 11.0 Å². The second kappa shape index (κ2) is 8.53. The maximum atomic E-state index is 12.8. The summed E-state index contributed by atoms with van der Waals surface area (Å²) < 4.78 is 40.0. The number of thioether (sulfide) groups is 1. The summed E-state index contributed by atoms with van der Waals surface area (Å²) in [4.78, 5) is 0. The summed E-state index contributed by atoms with van der Waals surface area (Å²) in [5.74, 6) is 0.962. The molecule has 0 saturated heterocycles. The van der Waals surface area contributed by atoms with Gasteiger partial charge in [-0.2, -0.15) is 13.2 Å². The number of alkyl halides is 3. The zero-order valence-electron chi connectivity index (χ0n) is 12.0. The fraction of sp³-hybridized carbons (Fsp3) is 0.385. The number of aliphatic hydroxyl groups is 1. The molecule has 0 aliphatic rings. The highest BCUT2D eigenvalue weighted by Gasteiger charge is 2.30. The van der Waals surface area contributed by atoms with Gasteiger partial charge in [0, 0.05) is 12.4 Å². The second-order valence-corrected chi connectivity index (χ2v) is 5.47. The summed E-state index contributed by atoms with van der Waals surface area (Å²) in [6.45, 7) is 0.0955. The van der Waals surface area contributed by atoms with Gasteiger partial charge in [0.1, 0.15) is 0 Å². The molecule has 0 amide bonds. The van der Waals surface area contributed by atoms with Crippen molar-refractivity contribution in [2.24, 2.45) is 5.73 Å². The van der Waals surface area contributed by atoms with Crippen molar-refractivity contribution >= 4 is 24.2 Å². The number of nitrogens with zero attached hydrogens (tertiary/aromatic N) is 3. The van der Waals surface area contributed by atoms with Crippen molar-refractivity contribution in [3.8, 4) is 5.69 Å². The molecule has 0 fully saturated rings. The minimum absolute atomic E-state index is 0. The molecular formula is C13H16ClF3N4OS. The first-order chi connectivity index (χ1) is 10.5. The van der Waals surface area contributed by atoms with Crippen LogP contribution in [-0.2, 0) is 12.7 Å². The summed E-state index contributed by atoms with van der Waals surface area (Å²) in [6, 6.07) is 4.93. The molecule has 0 bridgehead atoms. The first-order valence-electron chi connectivity index (χ1n) is 6.53. The fourth-order valence-electron chi connectivity index (χ4n) is 1.83. The molecule has 0 unspecified atom stereocenters. The lowest BCUT2D eigenvalue weighted by Crippen LogP contribution is -2.10. The van der Waals surface area contributed by atoms with Gasteiger partial charge in [-0.15, -0.1) is 22.6 Å².